The van der Waals surface area contributed by atoms with E-state index in [2.05, 4.69) is 12.6 Å². The number of hydrogen-bond donors (Lipinski definition) is 3. The van der Waals surface area contributed by atoms with Crippen LogP contribution in [-0.2, 0) is 12.6 Å². The van der Waals surface area contributed by atoms with Crippen LogP contribution in [0, 0.1) is 10.7 Å². The maximum atomic E-state index is 8.48. The van der Waals surface area contributed by atoms with Gasteiger partial charge in [0.2, 0.25) is 0 Å². The molecular weight excluding hydrogens is 192 g/mol. The van der Waals surface area contributed by atoms with Crippen LogP contribution in [0.5, 0.6) is 0 Å². The van der Waals surface area contributed by atoms with Gasteiger partial charge in [0.25, 0.3) is 0 Å². The van der Waals surface area contributed by atoms with Crippen molar-refractivity contribution in [2.24, 2.45) is 0 Å². The van der Waals surface area contributed by atoms with E-state index in [4.69, 9.17) is 20.6 Å². The summed E-state index contributed by atoms with van der Waals surface area (Å²) in [5.74, 6) is 0. The van der Waals surface area contributed by atoms with Crippen LogP contribution in [0.4, 0.5) is 0 Å². The van der Waals surface area contributed by atoms with Crippen molar-refractivity contribution in [3.05, 3.63) is 0 Å². The third kappa shape index (κ3) is 14.4. The van der Waals surface area contributed by atoms with Gasteiger partial charge in [0, 0.05) is 19.6 Å². The van der Waals surface area contributed by atoms with Crippen molar-refractivity contribution in [2.75, 3.05) is 39.5 Å². The minimum Gasteiger partial charge on any atom is -0.696 e. The van der Waals surface area contributed by atoms with Crippen LogP contribution in [0.2, 0.25) is 0 Å². The Balaban J connectivity index is 0. The summed E-state index contributed by atoms with van der Waals surface area (Å²) in [6.07, 6.45) is 0. The molecule has 0 atom stereocenters. The first-order valence-corrected chi connectivity index (χ1v) is 4.23. The molecule has 5 nitrogen and oxygen atoms in total. The highest BCUT2D eigenvalue weighted by atomic mass is 32.1. The van der Waals surface area contributed by atoms with Crippen LogP contribution >= 0.6 is 0 Å². The highest BCUT2D eigenvalue weighted by molar-refractivity contribution is 7.64. The average molecular weight is 207 g/mol. The maximum Gasteiger partial charge on any atom is 0.0558 e. The Kier molecular flexibility index (Phi) is 16.3. The van der Waals surface area contributed by atoms with Crippen molar-refractivity contribution in [2.45, 2.75) is 0 Å². The van der Waals surface area contributed by atoms with E-state index < -0.39 is 0 Å². The molecule has 0 aliphatic heterocycles. The minimum atomic E-state index is 0.0694. The normalized spacial score (nSPS) is 8.85. The summed E-state index contributed by atoms with van der Waals surface area (Å²) in [5, 5.41) is 33.9. The standard InChI is InChI=1S/C6H15NO3.CHNS/c8-4-1-7(2-5-9)3-6-10;2-1-3/h8-10H,1-6H2;3H/p-1. The molecule has 0 amide bonds. The summed E-state index contributed by atoms with van der Waals surface area (Å²) >= 11 is 3.70. The maximum absolute atomic E-state index is 8.48. The molecule has 0 aliphatic rings. The molecule has 0 saturated carbocycles. The van der Waals surface area contributed by atoms with E-state index in [-0.39, 0.29) is 19.8 Å². The van der Waals surface area contributed by atoms with Crippen molar-refractivity contribution < 1.29 is 15.3 Å². The Morgan fingerprint density at radius 3 is 1.38 bits per heavy atom. The number of nitrogens with zero attached hydrogens (tertiary/aromatic N) is 2. The van der Waals surface area contributed by atoms with Gasteiger partial charge in [0.05, 0.1) is 19.8 Å². The molecule has 0 radical (unpaired) electrons. The van der Waals surface area contributed by atoms with Crippen LogP contribution in [0.3, 0.4) is 0 Å². The molecule has 0 aromatic carbocycles. The van der Waals surface area contributed by atoms with Gasteiger partial charge < -0.3 is 27.9 Å². The van der Waals surface area contributed by atoms with E-state index in [0.717, 1.165) is 0 Å². The first-order valence-electron chi connectivity index (χ1n) is 3.83. The van der Waals surface area contributed by atoms with Gasteiger partial charge in [-0.15, -0.1) is 0 Å². The topological polar surface area (TPSA) is 87.7 Å². The van der Waals surface area contributed by atoms with Gasteiger partial charge in [-0.25, -0.2) is 5.26 Å². The molecule has 0 aromatic rings. The smallest absolute Gasteiger partial charge is 0.0558 e. The molecule has 0 saturated heterocycles. The van der Waals surface area contributed by atoms with Crippen molar-refractivity contribution in [3.63, 3.8) is 0 Å². The fourth-order valence-electron chi connectivity index (χ4n) is 0.760. The van der Waals surface area contributed by atoms with E-state index in [9.17, 15) is 0 Å². The zero-order valence-corrected chi connectivity index (χ0v) is 8.20. The van der Waals surface area contributed by atoms with E-state index in [1.54, 1.807) is 4.90 Å². The predicted octanol–water partition coefficient (Wildman–Crippen LogP) is -1.72. The molecule has 0 fully saturated rings. The van der Waals surface area contributed by atoms with Crippen molar-refractivity contribution in [1.29, 1.82) is 5.26 Å². The number of thiocyanates is 1. The highest BCUT2D eigenvalue weighted by Crippen LogP contribution is 1.84. The second-order valence-corrected chi connectivity index (χ2v) is 2.29. The number of rotatable bonds is 6. The van der Waals surface area contributed by atoms with Crippen LogP contribution in [0.15, 0.2) is 0 Å². The fourth-order valence-corrected chi connectivity index (χ4v) is 0.760. The first kappa shape index (κ1) is 15.0. The lowest BCUT2D eigenvalue weighted by molar-refractivity contribution is 0.136. The zero-order valence-electron chi connectivity index (χ0n) is 7.39. The van der Waals surface area contributed by atoms with Crippen molar-refractivity contribution >= 4 is 12.6 Å². The monoisotopic (exact) mass is 207 g/mol. The summed E-state index contributed by atoms with van der Waals surface area (Å²) < 4.78 is 0. The Labute approximate surface area is 83.6 Å². The molecular formula is C7H15N2O3S-. The summed E-state index contributed by atoms with van der Waals surface area (Å²) in [4.78, 5) is 1.79. The Hall–Kier alpha value is -0.450. The molecule has 0 aliphatic carbocycles. The number of nitriles is 1. The van der Waals surface area contributed by atoms with Gasteiger partial charge >= 0.3 is 0 Å². The zero-order chi connectivity index (χ0) is 10.5. The quantitative estimate of drug-likeness (QED) is 0.355. The van der Waals surface area contributed by atoms with Crippen LogP contribution in [-0.4, -0.2) is 59.7 Å². The summed E-state index contributed by atoms with van der Waals surface area (Å²) in [6, 6.07) is 0. The second kappa shape index (κ2) is 14.1. The van der Waals surface area contributed by atoms with Gasteiger partial charge in [-0.05, 0) is 0 Å². The average Bonchev–Trinajstić information content (AvgIpc) is 2.07. The summed E-state index contributed by atoms with van der Waals surface area (Å²) in [5.41, 5.74) is 0. The van der Waals surface area contributed by atoms with Crippen LogP contribution < -0.4 is 0 Å². The Bertz CT molecular complexity index is 115. The highest BCUT2D eigenvalue weighted by Gasteiger charge is 2.00. The molecule has 0 spiro atoms. The number of hydrogen-bond acceptors (Lipinski definition) is 6. The Morgan fingerprint density at radius 1 is 1.00 bits per heavy atom. The number of aliphatic hydroxyl groups is 3. The van der Waals surface area contributed by atoms with Crippen LogP contribution in [0.25, 0.3) is 0 Å². The predicted molar refractivity (Wildman–Crippen MR) is 50.7 cm³/mol. The molecule has 13 heavy (non-hydrogen) atoms. The van der Waals surface area contributed by atoms with E-state index in [1.165, 1.54) is 5.40 Å². The van der Waals surface area contributed by atoms with E-state index in [0.29, 0.717) is 19.6 Å². The second-order valence-electron chi connectivity index (χ2n) is 2.10. The third-order valence-corrected chi connectivity index (χ3v) is 1.25. The molecule has 3 N–H and O–H groups in total. The van der Waals surface area contributed by atoms with E-state index >= 15 is 0 Å². The first-order chi connectivity index (χ1) is 6.26. The SMILES string of the molecule is N#C[S-].OCCN(CCO)CCO. The lowest BCUT2D eigenvalue weighted by Gasteiger charge is -2.17. The van der Waals surface area contributed by atoms with Gasteiger partial charge in [0.15, 0.2) is 0 Å². The minimum absolute atomic E-state index is 0.0694. The molecule has 0 aromatic heterocycles. The third-order valence-electron chi connectivity index (χ3n) is 1.25. The van der Waals surface area contributed by atoms with Gasteiger partial charge in [-0.3, -0.25) is 4.90 Å². The van der Waals surface area contributed by atoms with E-state index in [1.807, 2.05) is 0 Å². The lowest BCUT2D eigenvalue weighted by Crippen LogP contribution is -2.32. The Morgan fingerprint density at radius 2 is 1.23 bits per heavy atom. The summed E-state index contributed by atoms with van der Waals surface area (Å²) in [7, 11) is 0. The molecule has 0 unspecified atom stereocenters. The lowest BCUT2D eigenvalue weighted by atomic mass is 10.4. The van der Waals surface area contributed by atoms with Crippen LogP contribution in [0.1, 0.15) is 0 Å². The van der Waals surface area contributed by atoms with Crippen molar-refractivity contribution in [3.8, 4) is 5.40 Å². The van der Waals surface area contributed by atoms with Gasteiger partial charge in [0.1, 0.15) is 0 Å². The molecule has 0 heterocycles. The van der Waals surface area contributed by atoms with Gasteiger partial charge in [-0.2, -0.15) is 0 Å². The molecule has 0 rings (SSSR count). The summed E-state index contributed by atoms with van der Waals surface area (Å²) in [6.45, 7) is 1.75. The molecule has 78 valence electrons. The molecule has 0 bridgehead atoms. The van der Waals surface area contributed by atoms with Gasteiger partial charge in [-0.1, -0.05) is 5.40 Å². The fraction of sp³-hybridized carbons (Fsp3) is 0.857. The van der Waals surface area contributed by atoms with Crippen molar-refractivity contribution in [1.82, 2.24) is 4.90 Å². The molecule has 6 heteroatoms. The largest absolute Gasteiger partial charge is 0.696 e. The number of aliphatic hydroxyl groups excluding tert-OH is 3.